The van der Waals surface area contributed by atoms with Crippen LogP contribution in [0.2, 0.25) is 0 Å². The molecule has 0 radical (unpaired) electrons. The molecule has 2 rings (SSSR count). The molecule has 0 aliphatic rings. The van der Waals surface area contributed by atoms with Crippen LogP contribution < -0.4 is 4.74 Å². The quantitative estimate of drug-likeness (QED) is 0.756. The molecule has 2 aromatic rings. The van der Waals surface area contributed by atoms with Crippen LogP contribution in [0.4, 0.5) is 0 Å². The van der Waals surface area contributed by atoms with Gasteiger partial charge in [0.15, 0.2) is 0 Å². The van der Waals surface area contributed by atoms with Gasteiger partial charge in [-0.1, -0.05) is 6.92 Å². The molecule has 2 heterocycles. The number of pyridine rings is 1. The van der Waals surface area contributed by atoms with Crippen LogP contribution in [-0.4, -0.2) is 22.3 Å². The maximum Gasteiger partial charge on any atom is 0.213 e. The number of rotatable bonds is 2. The van der Waals surface area contributed by atoms with E-state index in [9.17, 15) is 0 Å². The second-order valence-corrected chi connectivity index (χ2v) is 2.78. The number of aryl methyl sites for hydroxylation is 1. The van der Waals surface area contributed by atoms with E-state index < -0.39 is 0 Å². The minimum absolute atomic E-state index is 0.628. The lowest BCUT2D eigenvalue weighted by Gasteiger charge is -1.97. The molecule has 68 valence electrons. The Morgan fingerprint density at radius 3 is 3.00 bits per heavy atom. The van der Waals surface area contributed by atoms with Gasteiger partial charge in [0, 0.05) is 6.07 Å². The molecule has 0 aliphatic heterocycles. The third-order valence-electron chi connectivity index (χ3n) is 2.01. The number of nitrogens with zero attached hydrogens (tertiary/aromatic N) is 2. The molecule has 4 heteroatoms. The molecule has 0 aromatic carbocycles. The highest BCUT2D eigenvalue weighted by Crippen LogP contribution is 2.17. The molecule has 0 aliphatic carbocycles. The topological polar surface area (TPSA) is 50.8 Å². The maximum absolute atomic E-state index is 5.04. The average molecular weight is 177 g/mol. The fourth-order valence-corrected chi connectivity index (χ4v) is 1.29. The van der Waals surface area contributed by atoms with Crippen molar-refractivity contribution >= 4 is 11.0 Å². The number of ether oxygens (including phenoxy) is 1. The second-order valence-electron chi connectivity index (χ2n) is 2.78. The third kappa shape index (κ3) is 1.24. The number of nitrogens with one attached hydrogen (secondary N) is 1. The van der Waals surface area contributed by atoms with Crippen molar-refractivity contribution in [2.45, 2.75) is 13.3 Å². The van der Waals surface area contributed by atoms with Crippen LogP contribution in [0.15, 0.2) is 12.1 Å². The van der Waals surface area contributed by atoms with Gasteiger partial charge in [-0.3, -0.25) is 5.10 Å². The Hall–Kier alpha value is -1.58. The number of aromatic nitrogens is 3. The first-order chi connectivity index (χ1) is 6.35. The zero-order chi connectivity index (χ0) is 9.26. The van der Waals surface area contributed by atoms with Crippen LogP contribution in [-0.2, 0) is 6.42 Å². The van der Waals surface area contributed by atoms with Crippen LogP contribution in [0.1, 0.15) is 12.6 Å². The van der Waals surface area contributed by atoms with Crippen LogP contribution in [0.25, 0.3) is 11.0 Å². The van der Waals surface area contributed by atoms with Gasteiger partial charge >= 0.3 is 0 Å². The number of H-pyrrole nitrogens is 1. The Balaban J connectivity index is 2.64. The van der Waals surface area contributed by atoms with E-state index in [-0.39, 0.29) is 0 Å². The van der Waals surface area contributed by atoms with E-state index in [1.165, 1.54) is 0 Å². The monoisotopic (exact) mass is 177 g/mol. The predicted octanol–water partition coefficient (Wildman–Crippen LogP) is 1.53. The molecular formula is C9H11N3O. The summed E-state index contributed by atoms with van der Waals surface area (Å²) < 4.78 is 5.04. The summed E-state index contributed by atoms with van der Waals surface area (Å²) in [6, 6.07) is 3.71. The van der Waals surface area contributed by atoms with E-state index in [0.29, 0.717) is 5.88 Å². The van der Waals surface area contributed by atoms with E-state index in [1.54, 1.807) is 7.11 Å². The molecule has 0 saturated carbocycles. The Bertz CT molecular complexity index is 422. The van der Waals surface area contributed by atoms with Crippen molar-refractivity contribution in [1.29, 1.82) is 0 Å². The largest absolute Gasteiger partial charge is 0.481 e. The standard InChI is InChI=1S/C9H11N3O/c1-3-6-9-7(12-11-6)4-5-8(10-9)13-2/h4-5H,3H2,1-2H3,(H,11,12). The molecule has 13 heavy (non-hydrogen) atoms. The van der Waals surface area contributed by atoms with E-state index in [0.717, 1.165) is 23.1 Å². The number of hydrogen-bond acceptors (Lipinski definition) is 3. The highest BCUT2D eigenvalue weighted by molar-refractivity contribution is 5.77. The van der Waals surface area contributed by atoms with Crippen LogP contribution >= 0.6 is 0 Å². The lowest BCUT2D eigenvalue weighted by molar-refractivity contribution is 0.399. The van der Waals surface area contributed by atoms with Gasteiger partial charge in [-0.05, 0) is 12.5 Å². The Kier molecular flexibility index (Phi) is 1.88. The zero-order valence-electron chi connectivity index (χ0n) is 7.66. The van der Waals surface area contributed by atoms with Gasteiger partial charge in [0.2, 0.25) is 5.88 Å². The van der Waals surface area contributed by atoms with Crippen molar-refractivity contribution in [3.05, 3.63) is 17.8 Å². The number of hydrogen-bond donors (Lipinski definition) is 1. The van der Waals surface area contributed by atoms with E-state index in [2.05, 4.69) is 22.1 Å². The van der Waals surface area contributed by atoms with E-state index >= 15 is 0 Å². The Labute approximate surface area is 75.9 Å². The highest BCUT2D eigenvalue weighted by Gasteiger charge is 2.05. The minimum atomic E-state index is 0.628. The van der Waals surface area contributed by atoms with Gasteiger partial charge < -0.3 is 4.74 Å². The Morgan fingerprint density at radius 1 is 1.46 bits per heavy atom. The van der Waals surface area contributed by atoms with Crippen molar-refractivity contribution in [3.63, 3.8) is 0 Å². The summed E-state index contributed by atoms with van der Waals surface area (Å²) in [5, 5.41) is 7.07. The normalized spacial score (nSPS) is 10.6. The molecule has 0 saturated heterocycles. The molecule has 4 nitrogen and oxygen atoms in total. The lowest BCUT2D eigenvalue weighted by Crippen LogP contribution is -1.88. The second kappa shape index (κ2) is 3.05. The summed E-state index contributed by atoms with van der Waals surface area (Å²) >= 11 is 0. The van der Waals surface area contributed by atoms with Gasteiger partial charge in [0.25, 0.3) is 0 Å². The van der Waals surface area contributed by atoms with Gasteiger partial charge in [0.05, 0.1) is 12.8 Å². The summed E-state index contributed by atoms with van der Waals surface area (Å²) in [5.41, 5.74) is 2.84. The molecule has 0 fully saturated rings. The van der Waals surface area contributed by atoms with Crippen LogP contribution in [0, 0.1) is 0 Å². The fourth-order valence-electron chi connectivity index (χ4n) is 1.29. The van der Waals surface area contributed by atoms with E-state index in [1.807, 2.05) is 12.1 Å². The van der Waals surface area contributed by atoms with Crippen molar-refractivity contribution < 1.29 is 4.74 Å². The molecule has 0 spiro atoms. The first-order valence-corrected chi connectivity index (χ1v) is 4.23. The van der Waals surface area contributed by atoms with Gasteiger partial charge in [-0.25, -0.2) is 4.98 Å². The van der Waals surface area contributed by atoms with Crippen molar-refractivity contribution in [2.75, 3.05) is 7.11 Å². The molecular weight excluding hydrogens is 166 g/mol. The molecule has 0 atom stereocenters. The summed E-state index contributed by atoms with van der Waals surface area (Å²) in [4.78, 5) is 4.31. The summed E-state index contributed by atoms with van der Waals surface area (Å²) in [6.45, 7) is 2.06. The number of fused-ring (bicyclic) bond motifs is 1. The van der Waals surface area contributed by atoms with Crippen LogP contribution in [0.3, 0.4) is 0 Å². The Morgan fingerprint density at radius 2 is 2.31 bits per heavy atom. The van der Waals surface area contributed by atoms with Crippen LogP contribution in [0.5, 0.6) is 5.88 Å². The summed E-state index contributed by atoms with van der Waals surface area (Å²) in [7, 11) is 1.61. The fraction of sp³-hybridized carbons (Fsp3) is 0.333. The van der Waals surface area contributed by atoms with Crippen molar-refractivity contribution in [1.82, 2.24) is 15.2 Å². The number of aromatic amines is 1. The molecule has 2 aromatic heterocycles. The first-order valence-electron chi connectivity index (χ1n) is 4.23. The first kappa shape index (κ1) is 8.04. The average Bonchev–Trinajstić information content (AvgIpc) is 2.59. The molecule has 0 amide bonds. The smallest absolute Gasteiger partial charge is 0.213 e. The molecule has 1 N–H and O–H groups in total. The zero-order valence-corrected chi connectivity index (χ0v) is 7.66. The number of methoxy groups -OCH3 is 1. The SMILES string of the molecule is CCc1[nH]nc2ccc(OC)nc12. The minimum Gasteiger partial charge on any atom is -0.481 e. The summed E-state index contributed by atoms with van der Waals surface area (Å²) in [5.74, 6) is 0.628. The van der Waals surface area contributed by atoms with Crippen molar-refractivity contribution in [3.8, 4) is 5.88 Å². The van der Waals surface area contributed by atoms with Crippen molar-refractivity contribution in [2.24, 2.45) is 0 Å². The van der Waals surface area contributed by atoms with Gasteiger partial charge in [0.1, 0.15) is 11.0 Å². The van der Waals surface area contributed by atoms with Gasteiger partial charge in [-0.15, -0.1) is 0 Å². The maximum atomic E-state index is 5.04. The summed E-state index contributed by atoms with van der Waals surface area (Å²) in [6.07, 6.45) is 0.899. The lowest BCUT2D eigenvalue weighted by atomic mass is 10.3. The highest BCUT2D eigenvalue weighted by atomic mass is 16.5. The third-order valence-corrected chi connectivity index (χ3v) is 2.01. The molecule has 0 unspecified atom stereocenters. The van der Waals surface area contributed by atoms with E-state index in [4.69, 9.17) is 4.74 Å². The van der Waals surface area contributed by atoms with Gasteiger partial charge in [-0.2, -0.15) is 5.10 Å². The predicted molar refractivity (Wildman–Crippen MR) is 49.8 cm³/mol. The molecule has 0 bridgehead atoms.